The fourth-order valence-electron chi connectivity index (χ4n) is 9.17. The molecule has 57 heavy (non-hydrogen) atoms. The van der Waals surface area contributed by atoms with Gasteiger partial charge in [-0.05, 0) is 122 Å². The topological polar surface area (TPSA) is 16.4 Å². The van der Waals surface area contributed by atoms with Crippen LogP contribution in [0.25, 0.3) is 77.2 Å². The number of hydrogen-bond donors (Lipinski definition) is 0. The van der Waals surface area contributed by atoms with E-state index in [0.717, 1.165) is 55.5 Å². The number of fused-ring (bicyclic) bond motifs is 8. The predicted octanol–water partition coefficient (Wildman–Crippen LogP) is 15.5. The molecule has 9 aromatic carbocycles. The molecule has 10 aromatic rings. The van der Waals surface area contributed by atoms with Crippen molar-refractivity contribution in [3.8, 4) is 44.5 Å². The maximum atomic E-state index is 6.76. The highest BCUT2D eigenvalue weighted by molar-refractivity contribution is 6.19. The van der Waals surface area contributed by atoms with Gasteiger partial charge in [0, 0.05) is 38.6 Å². The van der Waals surface area contributed by atoms with Gasteiger partial charge in [-0.3, -0.25) is 0 Å². The molecule has 0 aliphatic heterocycles. The van der Waals surface area contributed by atoms with Crippen LogP contribution in [-0.4, -0.2) is 0 Å². The molecule has 2 heteroatoms. The first kappa shape index (κ1) is 33.2. The number of hydrogen-bond acceptors (Lipinski definition) is 2. The minimum absolute atomic E-state index is 0.0786. The van der Waals surface area contributed by atoms with Gasteiger partial charge in [0.15, 0.2) is 0 Å². The summed E-state index contributed by atoms with van der Waals surface area (Å²) in [4.78, 5) is 2.36. The van der Waals surface area contributed by atoms with Crippen LogP contribution in [0.5, 0.6) is 0 Å². The normalized spacial score (nSPS) is 12.9. The van der Waals surface area contributed by atoms with Gasteiger partial charge in [-0.1, -0.05) is 153 Å². The van der Waals surface area contributed by atoms with Gasteiger partial charge in [0.25, 0.3) is 0 Å². The quantitative estimate of drug-likeness (QED) is 0.169. The van der Waals surface area contributed by atoms with Crippen molar-refractivity contribution in [2.24, 2.45) is 0 Å². The Bertz CT molecular complexity index is 3140. The van der Waals surface area contributed by atoms with Crippen LogP contribution in [0.3, 0.4) is 0 Å². The minimum atomic E-state index is -0.0786. The van der Waals surface area contributed by atoms with Crippen molar-refractivity contribution in [1.82, 2.24) is 0 Å². The molecule has 0 radical (unpaired) electrons. The first-order chi connectivity index (χ1) is 28.0. The van der Waals surface area contributed by atoms with E-state index in [-0.39, 0.29) is 5.41 Å². The van der Waals surface area contributed by atoms with E-state index in [0.29, 0.717) is 0 Å². The highest BCUT2D eigenvalue weighted by Crippen LogP contribution is 2.51. The van der Waals surface area contributed by atoms with E-state index in [1.807, 2.05) is 0 Å². The molecule has 1 aliphatic rings. The van der Waals surface area contributed by atoms with Gasteiger partial charge in [-0.2, -0.15) is 0 Å². The number of nitrogens with zero attached hydrogens (tertiary/aromatic N) is 1. The van der Waals surface area contributed by atoms with Crippen LogP contribution in [0, 0.1) is 0 Å². The van der Waals surface area contributed by atoms with Crippen LogP contribution >= 0.6 is 0 Å². The summed E-state index contributed by atoms with van der Waals surface area (Å²) in [5, 5.41) is 4.56. The largest absolute Gasteiger partial charge is 0.455 e. The predicted molar refractivity (Wildman–Crippen MR) is 240 cm³/mol. The summed E-state index contributed by atoms with van der Waals surface area (Å²) in [5.41, 5.74) is 17.6. The third kappa shape index (κ3) is 5.40. The molecule has 0 N–H and O–H groups in total. The van der Waals surface area contributed by atoms with Crippen molar-refractivity contribution in [3.63, 3.8) is 0 Å². The Balaban J connectivity index is 0.976. The first-order valence-electron chi connectivity index (χ1n) is 19.8. The maximum Gasteiger partial charge on any atom is 0.143 e. The van der Waals surface area contributed by atoms with Crippen molar-refractivity contribution in [2.75, 3.05) is 4.90 Å². The monoisotopic (exact) mass is 729 g/mol. The van der Waals surface area contributed by atoms with Gasteiger partial charge in [-0.25, -0.2) is 0 Å². The minimum Gasteiger partial charge on any atom is -0.455 e. The lowest BCUT2D eigenvalue weighted by Crippen LogP contribution is -2.16. The fraction of sp³-hybridized carbons (Fsp3) is 0.0545. The van der Waals surface area contributed by atoms with Crippen molar-refractivity contribution >= 4 is 49.8 Å². The van der Waals surface area contributed by atoms with Gasteiger partial charge < -0.3 is 9.32 Å². The number of furan rings is 1. The SMILES string of the molecule is CC1(C)c2ccccc2-c2ccc(N(c3ccccc3)c3ccc(-c4ccc5c(c4)oc4c6ccccc6c(-c6cccc(-c7ccccc7)c6)cc54)cc3)cc21. The van der Waals surface area contributed by atoms with Crippen LogP contribution in [-0.2, 0) is 5.41 Å². The van der Waals surface area contributed by atoms with Crippen molar-refractivity contribution < 1.29 is 4.42 Å². The second-order valence-electron chi connectivity index (χ2n) is 15.7. The lowest BCUT2D eigenvalue weighted by molar-refractivity contribution is 0.660. The van der Waals surface area contributed by atoms with E-state index >= 15 is 0 Å². The van der Waals surface area contributed by atoms with Crippen LogP contribution in [0.1, 0.15) is 25.0 Å². The van der Waals surface area contributed by atoms with Gasteiger partial charge >= 0.3 is 0 Å². The van der Waals surface area contributed by atoms with Gasteiger partial charge in [0.1, 0.15) is 11.2 Å². The van der Waals surface area contributed by atoms with E-state index < -0.39 is 0 Å². The Kier molecular flexibility index (Phi) is 7.55. The van der Waals surface area contributed by atoms with E-state index in [2.05, 4.69) is 219 Å². The fourth-order valence-corrected chi connectivity index (χ4v) is 9.17. The highest BCUT2D eigenvalue weighted by atomic mass is 16.3. The Morgan fingerprint density at radius 3 is 1.77 bits per heavy atom. The van der Waals surface area contributed by atoms with Gasteiger partial charge in [0.05, 0.1) is 0 Å². The lowest BCUT2D eigenvalue weighted by atomic mass is 9.82. The molecule has 2 nitrogen and oxygen atoms in total. The molecule has 0 bridgehead atoms. The zero-order chi connectivity index (χ0) is 38.1. The Labute approximate surface area is 332 Å². The molecule has 0 fully saturated rings. The molecule has 0 amide bonds. The van der Waals surface area contributed by atoms with Crippen molar-refractivity contribution in [1.29, 1.82) is 0 Å². The molecule has 0 saturated carbocycles. The molecule has 1 aromatic heterocycles. The standard InChI is InChI=1S/C55H39NO/c1-55(2)51-23-12-11-21-45(51)46-31-29-43(34-52(46)55)56(41-18-7-4-8-19-41)42-27-24-37(25-28-42)39-26-30-47-50-35-49(40-17-13-16-38(32-40)36-14-5-3-6-15-36)44-20-9-10-22-48(44)54(50)57-53(47)33-39/h3-35H,1-2H3. The molecule has 0 atom stereocenters. The maximum absolute atomic E-state index is 6.76. The zero-order valence-electron chi connectivity index (χ0n) is 31.9. The first-order valence-corrected chi connectivity index (χ1v) is 19.8. The van der Waals surface area contributed by atoms with E-state index in [4.69, 9.17) is 4.42 Å². The Morgan fingerprint density at radius 1 is 0.351 bits per heavy atom. The summed E-state index contributed by atoms with van der Waals surface area (Å²) in [6.07, 6.45) is 0. The van der Waals surface area contributed by atoms with Crippen LogP contribution in [0.15, 0.2) is 205 Å². The number of benzene rings is 9. The number of rotatable bonds is 6. The third-order valence-electron chi connectivity index (χ3n) is 12.1. The van der Waals surface area contributed by atoms with Crippen molar-refractivity contribution in [2.45, 2.75) is 19.3 Å². The molecule has 270 valence electrons. The van der Waals surface area contributed by atoms with Gasteiger partial charge in [0.2, 0.25) is 0 Å². The molecule has 1 heterocycles. The third-order valence-corrected chi connectivity index (χ3v) is 12.1. The average Bonchev–Trinajstić information content (AvgIpc) is 3.75. The Morgan fingerprint density at radius 2 is 0.947 bits per heavy atom. The van der Waals surface area contributed by atoms with Gasteiger partial charge in [-0.15, -0.1) is 0 Å². The van der Waals surface area contributed by atoms with Crippen LogP contribution < -0.4 is 4.90 Å². The summed E-state index contributed by atoms with van der Waals surface area (Å²) in [6.45, 7) is 4.68. The average molecular weight is 730 g/mol. The molecule has 1 aliphatic carbocycles. The second-order valence-corrected chi connectivity index (χ2v) is 15.7. The molecule has 0 saturated heterocycles. The van der Waals surface area contributed by atoms with Crippen LogP contribution in [0.2, 0.25) is 0 Å². The summed E-state index contributed by atoms with van der Waals surface area (Å²) in [7, 11) is 0. The summed E-state index contributed by atoms with van der Waals surface area (Å²) in [6, 6.07) is 72.4. The van der Waals surface area contributed by atoms with Crippen molar-refractivity contribution in [3.05, 3.63) is 211 Å². The molecule has 0 unspecified atom stereocenters. The molecular weight excluding hydrogens is 691 g/mol. The second kappa shape index (κ2) is 13.0. The molecule has 0 spiro atoms. The number of para-hydroxylation sites is 1. The molecule has 11 rings (SSSR count). The van der Waals surface area contributed by atoms with Crippen LogP contribution in [0.4, 0.5) is 17.1 Å². The summed E-state index contributed by atoms with van der Waals surface area (Å²) >= 11 is 0. The smallest absolute Gasteiger partial charge is 0.143 e. The van der Waals surface area contributed by atoms with E-state index in [9.17, 15) is 0 Å². The van der Waals surface area contributed by atoms with E-state index in [1.165, 1.54) is 49.9 Å². The summed E-state index contributed by atoms with van der Waals surface area (Å²) in [5.74, 6) is 0. The van der Waals surface area contributed by atoms with E-state index in [1.54, 1.807) is 0 Å². The zero-order valence-corrected chi connectivity index (χ0v) is 31.9. The number of anilines is 3. The highest BCUT2D eigenvalue weighted by Gasteiger charge is 2.35. The molecular formula is C55H39NO. The Hall–Kier alpha value is -7.16. The lowest BCUT2D eigenvalue weighted by Gasteiger charge is -2.28. The summed E-state index contributed by atoms with van der Waals surface area (Å²) < 4.78 is 6.76.